The van der Waals surface area contributed by atoms with Gasteiger partial charge in [0.05, 0.1) is 0 Å². The zero-order valence-electron chi connectivity index (χ0n) is 14.0. The number of hydrogen-bond donors (Lipinski definition) is 1. The lowest BCUT2D eigenvalue weighted by molar-refractivity contribution is 0.134. The van der Waals surface area contributed by atoms with E-state index in [9.17, 15) is 0 Å². The van der Waals surface area contributed by atoms with Crippen LogP contribution in [0.1, 0.15) is 52.0 Å². The molecule has 0 aromatic heterocycles. The number of likely N-dealkylation sites (N-methyl/N-ethyl adjacent to an activating group) is 1. The van der Waals surface area contributed by atoms with Gasteiger partial charge >= 0.3 is 0 Å². The van der Waals surface area contributed by atoms with Crippen molar-refractivity contribution >= 4 is 22.6 Å². The molecule has 2 heteroatoms. The van der Waals surface area contributed by atoms with Crippen molar-refractivity contribution in [2.45, 2.75) is 58.9 Å². The fourth-order valence-corrected chi connectivity index (χ4v) is 4.13. The van der Waals surface area contributed by atoms with Crippen LogP contribution in [0.2, 0.25) is 0 Å². The molecule has 1 aliphatic rings. The lowest BCUT2D eigenvalue weighted by Gasteiger charge is -2.39. The molecule has 1 saturated carbocycles. The monoisotopic (exact) mass is 399 g/mol. The van der Waals surface area contributed by atoms with E-state index in [2.05, 4.69) is 80.0 Å². The van der Waals surface area contributed by atoms with Gasteiger partial charge in [-0.2, -0.15) is 0 Å². The molecule has 1 atom stereocenters. The summed E-state index contributed by atoms with van der Waals surface area (Å²) in [6.45, 7) is 7.21. The Morgan fingerprint density at radius 1 is 1.10 bits per heavy atom. The van der Waals surface area contributed by atoms with E-state index >= 15 is 0 Å². The zero-order chi connectivity index (χ0) is 15.5. The Bertz CT molecular complexity index is 424. The van der Waals surface area contributed by atoms with Gasteiger partial charge in [0.1, 0.15) is 0 Å². The third-order valence-electron chi connectivity index (χ3n) is 5.31. The summed E-state index contributed by atoms with van der Waals surface area (Å²) in [6.07, 6.45) is 6.74. The summed E-state index contributed by atoms with van der Waals surface area (Å²) in [7, 11) is 2.13. The van der Waals surface area contributed by atoms with Gasteiger partial charge in [-0.15, -0.1) is 0 Å². The van der Waals surface area contributed by atoms with E-state index in [1.54, 1.807) is 0 Å². The molecule has 1 aliphatic carbocycles. The van der Waals surface area contributed by atoms with Crippen LogP contribution in [-0.4, -0.2) is 13.1 Å². The summed E-state index contributed by atoms with van der Waals surface area (Å²) >= 11 is 2.38. The number of rotatable bonds is 4. The average Bonchev–Trinajstić information content (AvgIpc) is 2.46. The molecule has 0 bridgehead atoms. The fraction of sp³-hybridized carbons (Fsp3) is 0.684. The van der Waals surface area contributed by atoms with Gasteiger partial charge < -0.3 is 5.32 Å². The van der Waals surface area contributed by atoms with E-state index in [1.807, 2.05) is 0 Å². The minimum absolute atomic E-state index is 0.482. The summed E-state index contributed by atoms with van der Waals surface area (Å²) < 4.78 is 1.32. The van der Waals surface area contributed by atoms with Crippen molar-refractivity contribution in [2.24, 2.45) is 17.3 Å². The highest BCUT2D eigenvalue weighted by Crippen LogP contribution is 2.41. The normalized spacial score (nSPS) is 24.8. The van der Waals surface area contributed by atoms with Gasteiger partial charge in [-0.1, -0.05) is 32.9 Å². The SMILES string of the molecule is CNC(Cc1ccc(I)cc1)C1CCC(C(C)(C)C)CC1. The molecule has 0 heterocycles. The third kappa shape index (κ3) is 4.95. The first-order valence-corrected chi connectivity index (χ1v) is 9.39. The maximum Gasteiger partial charge on any atom is 0.0133 e. The van der Waals surface area contributed by atoms with Gasteiger partial charge in [-0.3, -0.25) is 0 Å². The maximum absolute atomic E-state index is 3.59. The first-order chi connectivity index (χ1) is 9.90. The molecule has 1 nitrogen and oxygen atoms in total. The van der Waals surface area contributed by atoms with Crippen LogP contribution in [0.5, 0.6) is 0 Å². The summed E-state index contributed by atoms with van der Waals surface area (Å²) in [5.74, 6) is 1.75. The average molecular weight is 399 g/mol. The maximum atomic E-state index is 3.59. The Hall–Kier alpha value is -0.0900. The molecule has 2 rings (SSSR count). The lowest BCUT2D eigenvalue weighted by Crippen LogP contribution is -2.39. The molecular formula is C19H30IN. The highest BCUT2D eigenvalue weighted by atomic mass is 127. The topological polar surface area (TPSA) is 12.0 Å². The molecule has 0 radical (unpaired) electrons. The second-order valence-corrected chi connectivity index (χ2v) is 8.95. The number of benzene rings is 1. The minimum Gasteiger partial charge on any atom is -0.316 e. The van der Waals surface area contributed by atoms with Crippen molar-refractivity contribution in [2.75, 3.05) is 7.05 Å². The molecular weight excluding hydrogens is 369 g/mol. The predicted molar refractivity (Wildman–Crippen MR) is 101 cm³/mol. The summed E-state index contributed by atoms with van der Waals surface area (Å²) in [5.41, 5.74) is 1.95. The molecule has 0 saturated heterocycles. The van der Waals surface area contributed by atoms with Gasteiger partial charge in [-0.05, 0) is 96.7 Å². The van der Waals surface area contributed by atoms with E-state index in [0.29, 0.717) is 11.5 Å². The first kappa shape index (κ1) is 17.3. The highest BCUT2D eigenvalue weighted by molar-refractivity contribution is 14.1. The Kier molecular flexibility index (Phi) is 6.13. The van der Waals surface area contributed by atoms with Crippen LogP contribution in [0.4, 0.5) is 0 Å². The molecule has 118 valence electrons. The molecule has 1 aromatic carbocycles. The van der Waals surface area contributed by atoms with E-state index in [4.69, 9.17) is 0 Å². The molecule has 1 fully saturated rings. The molecule has 21 heavy (non-hydrogen) atoms. The fourth-order valence-electron chi connectivity index (χ4n) is 3.77. The third-order valence-corrected chi connectivity index (χ3v) is 6.02. The van der Waals surface area contributed by atoms with Crippen LogP contribution in [0, 0.1) is 20.8 Å². The van der Waals surface area contributed by atoms with Crippen molar-refractivity contribution in [3.63, 3.8) is 0 Å². The van der Waals surface area contributed by atoms with Crippen LogP contribution in [0.15, 0.2) is 24.3 Å². The van der Waals surface area contributed by atoms with E-state index in [0.717, 1.165) is 18.3 Å². The number of nitrogens with one attached hydrogen (secondary N) is 1. The first-order valence-electron chi connectivity index (χ1n) is 8.32. The van der Waals surface area contributed by atoms with E-state index < -0.39 is 0 Å². The van der Waals surface area contributed by atoms with Crippen LogP contribution >= 0.6 is 22.6 Å². The predicted octanol–water partition coefficient (Wildman–Crippen LogP) is 5.27. The van der Waals surface area contributed by atoms with Gasteiger partial charge in [0.25, 0.3) is 0 Å². The standard InChI is InChI=1S/C19H30IN/c1-19(2,3)16-9-7-15(8-10-16)18(21-4)13-14-5-11-17(20)12-6-14/h5-6,11-12,15-16,18,21H,7-10,13H2,1-4H3. The second-order valence-electron chi connectivity index (χ2n) is 7.70. The highest BCUT2D eigenvalue weighted by Gasteiger charge is 2.32. The molecule has 1 N–H and O–H groups in total. The quantitative estimate of drug-likeness (QED) is 0.680. The summed E-state index contributed by atoms with van der Waals surface area (Å²) in [4.78, 5) is 0. The summed E-state index contributed by atoms with van der Waals surface area (Å²) in [5, 5.41) is 3.59. The van der Waals surface area contributed by atoms with Crippen LogP contribution in [-0.2, 0) is 6.42 Å². The van der Waals surface area contributed by atoms with Crippen molar-refractivity contribution < 1.29 is 0 Å². The van der Waals surface area contributed by atoms with E-state index in [1.165, 1.54) is 34.8 Å². The van der Waals surface area contributed by atoms with Crippen LogP contribution < -0.4 is 5.32 Å². The zero-order valence-corrected chi connectivity index (χ0v) is 16.1. The lowest BCUT2D eigenvalue weighted by atomic mass is 9.68. The van der Waals surface area contributed by atoms with E-state index in [-0.39, 0.29) is 0 Å². The van der Waals surface area contributed by atoms with Gasteiger partial charge in [0.2, 0.25) is 0 Å². The Morgan fingerprint density at radius 3 is 2.14 bits per heavy atom. The molecule has 0 spiro atoms. The van der Waals surface area contributed by atoms with Crippen molar-refractivity contribution in [1.82, 2.24) is 5.32 Å². The molecule has 1 aromatic rings. The minimum atomic E-state index is 0.482. The van der Waals surface area contributed by atoms with Gasteiger partial charge in [-0.25, -0.2) is 0 Å². The second kappa shape index (κ2) is 7.45. The Balaban J connectivity index is 1.92. The van der Waals surface area contributed by atoms with Crippen molar-refractivity contribution in [3.8, 4) is 0 Å². The van der Waals surface area contributed by atoms with Gasteiger partial charge in [0.15, 0.2) is 0 Å². The largest absolute Gasteiger partial charge is 0.316 e. The molecule has 0 amide bonds. The molecule has 1 unspecified atom stereocenters. The Labute approximate surface area is 144 Å². The number of halogens is 1. The van der Waals surface area contributed by atoms with Crippen molar-refractivity contribution in [3.05, 3.63) is 33.4 Å². The smallest absolute Gasteiger partial charge is 0.0133 e. The summed E-state index contributed by atoms with van der Waals surface area (Å²) in [6, 6.07) is 9.64. The molecule has 0 aliphatic heterocycles. The van der Waals surface area contributed by atoms with Crippen molar-refractivity contribution in [1.29, 1.82) is 0 Å². The Morgan fingerprint density at radius 2 is 1.67 bits per heavy atom. The van der Waals surface area contributed by atoms with Gasteiger partial charge in [0, 0.05) is 9.61 Å². The van der Waals surface area contributed by atoms with Crippen LogP contribution in [0.3, 0.4) is 0 Å². The number of hydrogen-bond acceptors (Lipinski definition) is 1. The van der Waals surface area contributed by atoms with Crippen LogP contribution in [0.25, 0.3) is 0 Å².